The predicted molar refractivity (Wildman–Crippen MR) is 77.8 cm³/mol. The van der Waals surface area contributed by atoms with E-state index < -0.39 is 0 Å². The summed E-state index contributed by atoms with van der Waals surface area (Å²) in [6, 6.07) is 10.5. The highest BCUT2D eigenvalue weighted by Crippen LogP contribution is 2.21. The van der Waals surface area contributed by atoms with E-state index in [0.29, 0.717) is 6.54 Å². The van der Waals surface area contributed by atoms with E-state index in [-0.39, 0.29) is 17.5 Å². The fourth-order valence-corrected chi connectivity index (χ4v) is 2.52. The SMILES string of the molecule is CC1CN(C(C)(C)C)CC(=O)N1Cc1ccccc1. The number of hydrogen-bond donors (Lipinski definition) is 0. The van der Waals surface area contributed by atoms with Crippen molar-refractivity contribution in [2.24, 2.45) is 0 Å². The molecule has 1 unspecified atom stereocenters. The Morgan fingerprint density at radius 1 is 1.21 bits per heavy atom. The monoisotopic (exact) mass is 260 g/mol. The highest BCUT2D eigenvalue weighted by molar-refractivity contribution is 5.79. The van der Waals surface area contributed by atoms with Crippen LogP contribution in [0.3, 0.4) is 0 Å². The molecule has 1 heterocycles. The Kier molecular flexibility index (Phi) is 3.95. The second kappa shape index (κ2) is 5.33. The van der Waals surface area contributed by atoms with Crippen molar-refractivity contribution in [1.82, 2.24) is 9.80 Å². The van der Waals surface area contributed by atoms with Gasteiger partial charge >= 0.3 is 0 Å². The van der Waals surface area contributed by atoms with Gasteiger partial charge in [-0.15, -0.1) is 0 Å². The zero-order chi connectivity index (χ0) is 14.0. The summed E-state index contributed by atoms with van der Waals surface area (Å²) in [6.45, 7) is 10.8. The second-order valence-corrected chi connectivity index (χ2v) is 6.41. The smallest absolute Gasteiger partial charge is 0.237 e. The lowest BCUT2D eigenvalue weighted by Gasteiger charge is -2.45. The highest BCUT2D eigenvalue weighted by Gasteiger charge is 2.34. The molecule has 1 amide bonds. The van der Waals surface area contributed by atoms with Crippen molar-refractivity contribution in [2.75, 3.05) is 13.1 Å². The number of piperazine rings is 1. The van der Waals surface area contributed by atoms with Gasteiger partial charge in [-0.05, 0) is 33.3 Å². The Balaban J connectivity index is 2.06. The van der Waals surface area contributed by atoms with E-state index in [1.165, 1.54) is 5.56 Å². The van der Waals surface area contributed by atoms with Crippen molar-refractivity contribution in [2.45, 2.75) is 45.8 Å². The molecule has 1 aliphatic heterocycles. The summed E-state index contributed by atoms with van der Waals surface area (Å²) in [7, 11) is 0. The lowest BCUT2D eigenvalue weighted by Crippen LogP contribution is -2.59. The van der Waals surface area contributed by atoms with Crippen molar-refractivity contribution in [3.05, 3.63) is 35.9 Å². The molecule has 0 aliphatic carbocycles. The molecule has 1 fully saturated rings. The standard InChI is InChI=1S/C16H24N2O/c1-13-10-17(16(2,3)4)12-15(19)18(13)11-14-8-6-5-7-9-14/h5-9,13H,10-12H2,1-4H3. The van der Waals surface area contributed by atoms with Crippen LogP contribution < -0.4 is 0 Å². The number of benzene rings is 1. The summed E-state index contributed by atoms with van der Waals surface area (Å²) >= 11 is 0. The first-order chi connectivity index (χ1) is 8.88. The van der Waals surface area contributed by atoms with E-state index in [1.807, 2.05) is 23.1 Å². The van der Waals surface area contributed by atoms with E-state index >= 15 is 0 Å². The molecule has 1 aromatic carbocycles. The van der Waals surface area contributed by atoms with Crippen LogP contribution in [0.25, 0.3) is 0 Å². The zero-order valence-electron chi connectivity index (χ0n) is 12.4. The maximum Gasteiger partial charge on any atom is 0.237 e. The van der Waals surface area contributed by atoms with Crippen molar-refractivity contribution in [3.63, 3.8) is 0 Å². The van der Waals surface area contributed by atoms with Gasteiger partial charge in [-0.25, -0.2) is 0 Å². The largest absolute Gasteiger partial charge is 0.333 e. The molecule has 1 atom stereocenters. The van der Waals surface area contributed by atoms with Crippen LogP contribution in [0.5, 0.6) is 0 Å². The van der Waals surface area contributed by atoms with Crippen molar-refractivity contribution in [1.29, 1.82) is 0 Å². The fraction of sp³-hybridized carbons (Fsp3) is 0.562. The molecule has 0 N–H and O–H groups in total. The average molecular weight is 260 g/mol. The number of carbonyl (C=O) groups is 1. The van der Waals surface area contributed by atoms with E-state index in [0.717, 1.165) is 13.1 Å². The molecule has 2 rings (SSSR count). The minimum Gasteiger partial charge on any atom is -0.333 e. The summed E-state index contributed by atoms with van der Waals surface area (Å²) < 4.78 is 0. The third-order valence-electron chi connectivity index (χ3n) is 3.81. The van der Waals surface area contributed by atoms with Gasteiger partial charge < -0.3 is 4.90 Å². The van der Waals surface area contributed by atoms with Crippen LogP contribution in [0.15, 0.2) is 30.3 Å². The van der Waals surface area contributed by atoms with Gasteiger partial charge in [0.1, 0.15) is 0 Å². The summed E-state index contributed by atoms with van der Waals surface area (Å²) in [6.07, 6.45) is 0. The van der Waals surface area contributed by atoms with Gasteiger partial charge in [0.05, 0.1) is 6.54 Å². The molecule has 0 saturated carbocycles. The lowest BCUT2D eigenvalue weighted by molar-refractivity contribution is -0.142. The van der Waals surface area contributed by atoms with Gasteiger partial charge in [0.25, 0.3) is 0 Å². The first kappa shape index (κ1) is 14.1. The zero-order valence-corrected chi connectivity index (χ0v) is 12.4. The van der Waals surface area contributed by atoms with Crippen molar-refractivity contribution in [3.8, 4) is 0 Å². The third kappa shape index (κ3) is 3.35. The number of amides is 1. The van der Waals surface area contributed by atoms with Crippen LogP contribution in [-0.2, 0) is 11.3 Å². The molecule has 1 aliphatic rings. The van der Waals surface area contributed by atoms with Crippen molar-refractivity contribution < 1.29 is 4.79 Å². The average Bonchev–Trinajstić information content (AvgIpc) is 2.33. The number of hydrogen-bond acceptors (Lipinski definition) is 2. The molecule has 3 heteroatoms. The maximum absolute atomic E-state index is 12.4. The van der Waals surface area contributed by atoms with Crippen LogP contribution >= 0.6 is 0 Å². The van der Waals surface area contributed by atoms with Crippen molar-refractivity contribution >= 4 is 5.91 Å². The molecule has 19 heavy (non-hydrogen) atoms. The predicted octanol–water partition coefficient (Wildman–Crippen LogP) is 2.52. The lowest BCUT2D eigenvalue weighted by atomic mass is 10.0. The Hall–Kier alpha value is -1.35. The molecular formula is C16H24N2O. The minimum absolute atomic E-state index is 0.0583. The molecule has 0 spiro atoms. The molecule has 0 radical (unpaired) electrons. The van der Waals surface area contributed by atoms with Gasteiger partial charge in [-0.2, -0.15) is 0 Å². The Morgan fingerprint density at radius 3 is 2.37 bits per heavy atom. The van der Waals surface area contributed by atoms with Crippen LogP contribution in [0.2, 0.25) is 0 Å². The van der Waals surface area contributed by atoms with E-state index in [1.54, 1.807) is 0 Å². The molecule has 104 valence electrons. The normalized spacial score (nSPS) is 21.8. The van der Waals surface area contributed by atoms with Gasteiger partial charge in [0.2, 0.25) is 5.91 Å². The minimum atomic E-state index is 0.0583. The van der Waals surface area contributed by atoms with Gasteiger partial charge in [-0.3, -0.25) is 9.69 Å². The van der Waals surface area contributed by atoms with Gasteiger partial charge in [-0.1, -0.05) is 30.3 Å². The molecule has 1 aromatic rings. The Labute approximate surface area is 116 Å². The van der Waals surface area contributed by atoms with E-state index in [2.05, 4.69) is 44.7 Å². The first-order valence-electron chi connectivity index (χ1n) is 6.96. The van der Waals surface area contributed by atoms with Crippen LogP contribution in [-0.4, -0.2) is 40.4 Å². The molecule has 1 saturated heterocycles. The Bertz CT molecular complexity index is 436. The first-order valence-corrected chi connectivity index (χ1v) is 6.96. The van der Waals surface area contributed by atoms with Gasteiger partial charge in [0, 0.05) is 24.7 Å². The quantitative estimate of drug-likeness (QED) is 0.816. The van der Waals surface area contributed by atoms with Crippen LogP contribution in [0.1, 0.15) is 33.3 Å². The summed E-state index contributed by atoms with van der Waals surface area (Å²) in [5.74, 6) is 0.234. The number of rotatable bonds is 2. The highest BCUT2D eigenvalue weighted by atomic mass is 16.2. The summed E-state index contributed by atoms with van der Waals surface area (Å²) in [5.41, 5.74) is 1.26. The fourth-order valence-electron chi connectivity index (χ4n) is 2.52. The number of nitrogens with zero attached hydrogens (tertiary/aromatic N) is 2. The van der Waals surface area contributed by atoms with E-state index in [9.17, 15) is 4.79 Å². The van der Waals surface area contributed by atoms with Gasteiger partial charge in [0.15, 0.2) is 0 Å². The molecule has 0 aromatic heterocycles. The maximum atomic E-state index is 12.4. The third-order valence-corrected chi connectivity index (χ3v) is 3.81. The summed E-state index contributed by atoms with van der Waals surface area (Å²) in [4.78, 5) is 16.6. The second-order valence-electron chi connectivity index (χ2n) is 6.41. The Morgan fingerprint density at radius 2 is 1.84 bits per heavy atom. The number of carbonyl (C=O) groups excluding carboxylic acids is 1. The molecule has 0 bridgehead atoms. The van der Waals surface area contributed by atoms with Crippen LogP contribution in [0, 0.1) is 0 Å². The van der Waals surface area contributed by atoms with E-state index in [4.69, 9.17) is 0 Å². The molecular weight excluding hydrogens is 236 g/mol. The molecule has 3 nitrogen and oxygen atoms in total. The van der Waals surface area contributed by atoms with Crippen LogP contribution in [0.4, 0.5) is 0 Å². The summed E-state index contributed by atoms with van der Waals surface area (Å²) in [5, 5.41) is 0. The topological polar surface area (TPSA) is 23.6 Å².